The molecule has 0 aliphatic carbocycles. The molecule has 1 heterocycles. The van der Waals surface area contributed by atoms with Crippen LogP contribution in [0.25, 0.3) is 0 Å². The van der Waals surface area contributed by atoms with E-state index >= 15 is 0 Å². The van der Waals surface area contributed by atoms with E-state index in [-0.39, 0.29) is 25.9 Å². The summed E-state index contributed by atoms with van der Waals surface area (Å²) in [6.07, 6.45) is 0. The quantitative estimate of drug-likeness (QED) is 0.656. The van der Waals surface area contributed by atoms with Crippen LogP contribution >= 0.6 is 0 Å². The first-order chi connectivity index (χ1) is 8.25. The van der Waals surface area contributed by atoms with Gasteiger partial charge in [-0.2, -0.15) is 12.7 Å². The summed E-state index contributed by atoms with van der Waals surface area (Å²) in [6.45, 7) is 1.97. The Morgan fingerprint density at radius 3 is 2.50 bits per heavy atom. The van der Waals surface area contributed by atoms with Gasteiger partial charge < -0.3 is 9.80 Å². The SMILES string of the molecule is CN1[CH-]N(c2[c-]cc(F)cc2)c2ccccc21.[Ir]. The van der Waals surface area contributed by atoms with Crippen molar-refractivity contribution in [1.82, 2.24) is 0 Å². The molecular weight excluding hydrogens is 407 g/mol. The minimum absolute atomic E-state index is 0. The summed E-state index contributed by atoms with van der Waals surface area (Å²) in [5.41, 5.74) is 3.05. The molecule has 3 rings (SSSR count). The van der Waals surface area contributed by atoms with E-state index in [2.05, 4.69) is 12.1 Å². The maximum absolute atomic E-state index is 12.9. The number of benzene rings is 2. The van der Waals surface area contributed by atoms with Crippen LogP contribution in [0, 0.1) is 18.6 Å². The fourth-order valence-electron chi connectivity index (χ4n) is 2.00. The van der Waals surface area contributed by atoms with Crippen molar-refractivity contribution in [2.24, 2.45) is 0 Å². The molecule has 0 N–H and O–H groups in total. The molecule has 0 amide bonds. The normalized spacial score (nSPS) is 13.2. The molecule has 0 aromatic heterocycles. The maximum Gasteiger partial charge on any atom is 0.0326 e. The van der Waals surface area contributed by atoms with Crippen molar-refractivity contribution in [2.75, 3.05) is 16.8 Å². The van der Waals surface area contributed by atoms with E-state index in [4.69, 9.17) is 0 Å². The first-order valence-electron chi connectivity index (χ1n) is 5.39. The zero-order chi connectivity index (χ0) is 11.8. The first kappa shape index (κ1) is 13.1. The predicted octanol–water partition coefficient (Wildman–Crippen LogP) is 3.33. The molecule has 0 unspecified atom stereocenters. The van der Waals surface area contributed by atoms with Crippen LogP contribution < -0.4 is 9.80 Å². The van der Waals surface area contributed by atoms with Crippen molar-refractivity contribution < 1.29 is 24.5 Å². The summed E-state index contributed by atoms with van der Waals surface area (Å²) < 4.78 is 12.9. The molecule has 0 bridgehead atoms. The number of hydrogen-bond donors (Lipinski definition) is 0. The Labute approximate surface area is 119 Å². The third kappa shape index (κ3) is 2.14. The largest absolute Gasteiger partial charge is 0.504 e. The Hall–Kier alpha value is -1.38. The second kappa shape index (κ2) is 5.09. The molecule has 95 valence electrons. The minimum atomic E-state index is -0.269. The van der Waals surface area contributed by atoms with Crippen molar-refractivity contribution in [2.45, 2.75) is 0 Å². The summed E-state index contributed by atoms with van der Waals surface area (Å²) in [5, 5.41) is 0. The fraction of sp³-hybridized carbons (Fsp3) is 0.0714. The topological polar surface area (TPSA) is 6.48 Å². The van der Waals surface area contributed by atoms with E-state index in [1.54, 1.807) is 6.07 Å². The van der Waals surface area contributed by atoms with Crippen molar-refractivity contribution in [3.63, 3.8) is 0 Å². The summed E-state index contributed by atoms with van der Waals surface area (Å²) >= 11 is 0. The van der Waals surface area contributed by atoms with Gasteiger partial charge in [-0.15, -0.1) is 23.9 Å². The summed E-state index contributed by atoms with van der Waals surface area (Å²) in [6, 6.07) is 15.5. The standard InChI is InChI=1S/C14H11FN2.Ir/c1-16-10-17(12-8-6-11(15)7-9-12)14-5-3-2-4-13(14)16;/h2-8,10H,1H3;/q-2;. The number of hydrogen-bond acceptors (Lipinski definition) is 2. The molecule has 1 aliphatic rings. The molecule has 1 aliphatic heterocycles. The molecule has 18 heavy (non-hydrogen) atoms. The third-order valence-corrected chi connectivity index (χ3v) is 2.83. The molecule has 0 saturated heterocycles. The second-order valence-electron chi connectivity index (χ2n) is 3.98. The summed E-state index contributed by atoms with van der Waals surface area (Å²) in [4.78, 5) is 4.03. The van der Waals surface area contributed by atoms with Gasteiger partial charge in [0.2, 0.25) is 0 Å². The molecule has 1 radical (unpaired) electrons. The van der Waals surface area contributed by atoms with Crippen LogP contribution in [0.15, 0.2) is 42.5 Å². The Kier molecular flexibility index (Phi) is 3.69. The van der Waals surface area contributed by atoms with E-state index in [0.717, 1.165) is 17.1 Å². The average Bonchev–Trinajstić information content (AvgIpc) is 2.69. The fourth-order valence-corrected chi connectivity index (χ4v) is 2.00. The van der Waals surface area contributed by atoms with Gasteiger partial charge in [0.15, 0.2) is 0 Å². The van der Waals surface area contributed by atoms with Gasteiger partial charge in [0.05, 0.1) is 0 Å². The molecule has 2 aromatic carbocycles. The number of nitrogens with zero attached hydrogens (tertiary/aromatic N) is 2. The van der Waals surface area contributed by atoms with Gasteiger partial charge in [-0.3, -0.25) is 4.39 Å². The van der Waals surface area contributed by atoms with Crippen LogP contribution in [0.2, 0.25) is 0 Å². The number of fused-ring (bicyclic) bond motifs is 1. The van der Waals surface area contributed by atoms with Gasteiger partial charge in [-0.25, -0.2) is 0 Å². The van der Waals surface area contributed by atoms with Crippen LogP contribution in [-0.2, 0) is 20.1 Å². The van der Waals surface area contributed by atoms with Gasteiger partial charge in [0.1, 0.15) is 0 Å². The van der Waals surface area contributed by atoms with E-state index in [9.17, 15) is 4.39 Å². The molecular formula is C14H11FIrN2-2. The number of para-hydroxylation sites is 2. The summed E-state index contributed by atoms with van der Waals surface area (Å²) in [7, 11) is 1.99. The predicted molar refractivity (Wildman–Crippen MR) is 66.5 cm³/mol. The van der Waals surface area contributed by atoms with E-state index in [1.807, 2.05) is 41.7 Å². The third-order valence-electron chi connectivity index (χ3n) is 2.83. The summed E-state index contributed by atoms with van der Waals surface area (Å²) in [5.74, 6) is -0.269. The van der Waals surface area contributed by atoms with Gasteiger partial charge in [0.25, 0.3) is 0 Å². The molecule has 2 aromatic rings. The van der Waals surface area contributed by atoms with E-state index in [1.165, 1.54) is 12.1 Å². The molecule has 2 nitrogen and oxygen atoms in total. The molecule has 0 saturated carbocycles. The smallest absolute Gasteiger partial charge is 0.0326 e. The number of anilines is 3. The van der Waals surface area contributed by atoms with E-state index in [0.29, 0.717) is 0 Å². The van der Waals surface area contributed by atoms with Crippen LogP contribution in [0.4, 0.5) is 21.5 Å². The van der Waals surface area contributed by atoms with Crippen molar-refractivity contribution >= 4 is 17.1 Å². The molecule has 4 heteroatoms. The number of rotatable bonds is 1. The zero-order valence-electron chi connectivity index (χ0n) is 9.72. The Bertz CT molecular complexity index is 542. The van der Waals surface area contributed by atoms with Crippen molar-refractivity contribution in [3.8, 4) is 0 Å². The minimum Gasteiger partial charge on any atom is -0.504 e. The van der Waals surface area contributed by atoms with Crippen LogP contribution in [0.3, 0.4) is 0 Å². The molecule has 0 fully saturated rings. The zero-order valence-corrected chi connectivity index (χ0v) is 12.1. The Balaban J connectivity index is 0.00000120. The van der Waals surface area contributed by atoms with Gasteiger partial charge in [-0.1, -0.05) is 12.1 Å². The van der Waals surface area contributed by atoms with Crippen molar-refractivity contribution in [1.29, 1.82) is 0 Å². The molecule has 0 atom stereocenters. The van der Waals surface area contributed by atoms with E-state index < -0.39 is 0 Å². The first-order valence-corrected chi connectivity index (χ1v) is 5.39. The van der Waals surface area contributed by atoms with Crippen molar-refractivity contribution in [3.05, 3.63) is 61.0 Å². The van der Waals surface area contributed by atoms with Crippen LogP contribution in [-0.4, -0.2) is 7.05 Å². The monoisotopic (exact) mass is 419 g/mol. The maximum atomic E-state index is 12.9. The van der Waals surface area contributed by atoms with Crippen LogP contribution in [0.5, 0.6) is 0 Å². The second-order valence-corrected chi connectivity index (χ2v) is 3.98. The van der Waals surface area contributed by atoms with Gasteiger partial charge in [0, 0.05) is 37.3 Å². The average molecular weight is 418 g/mol. The van der Waals surface area contributed by atoms with Gasteiger partial charge >= 0.3 is 0 Å². The van der Waals surface area contributed by atoms with Gasteiger partial charge in [-0.05, 0) is 19.2 Å². The Morgan fingerprint density at radius 2 is 1.83 bits per heavy atom. The molecule has 0 spiro atoms. The Morgan fingerprint density at radius 1 is 1.11 bits per heavy atom. The number of halogens is 1. The van der Waals surface area contributed by atoms with Crippen LogP contribution in [0.1, 0.15) is 0 Å².